The molecule has 0 saturated heterocycles. The number of hydrogen-bond acceptors (Lipinski definition) is 5. The van der Waals surface area contributed by atoms with Crippen LogP contribution in [0.2, 0.25) is 0 Å². The Kier molecular flexibility index (Phi) is 9.83. The molecule has 1 atom stereocenters. The van der Waals surface area contributed by atoms with Crippen molar-refractivity contribution >= 4 is 11.9 Å². The van der Waals surface area contributed by atoms with Gasteiger partial charge >= 0.3 is 11.9 Å². The maximum Gasteiger partial charge on any atom is 0.325 e. The van der Waals surface area contributed by atoms with E-state index in [0.29, 0.717) is 18.3 Å². The Labute approximate surface area is 161 Å². The van der Waals surface area contributed by atoms with Gasteiger partial charge in [0.25, 0.3) is 0 Å². The molecule has 0 aromatic heterocycles. The molecule has 1 aromatic rings. The summed E-state index contributed by atoms with van der Waals surface area (Å²) in [5.74, 6) is -2.83. The van der Waals surface area contributed by atoms with Crippen molar-refractivity contribution in [3.05, 3.63) is 29.1 Å². The van der Waals surface area contributed by atoms with Crippen molar-refractivity contribution < 1.29 is 28.2 Å². The zero-order valence-corrected chi connectivity index (χ0v) is 17.0. The van der Waals surface area contributed by atoms with E-state index in [1.54, 1.807) is 13.8 Å². The lowest BCUT2D eigenvalue weighted by Crippen LogP contribution is -2.28. The van der Waals surface area contributed by atoms with E-state index in [0.717, 1.165) is 24.8 Å². The first-order valence-electron chi connectivity index (χ1n) is 9.80. The summed E-state index contributed by atoms with van der Waals surface area (Å²) in [4.78, 5) is 24.4. The Morgan fingerprint density at radius 3 is 2.26 bits per heavy atom. The van der Waals surface area contributed by atoms with Crippen molar-refractivity contribution in [3.63, 3.8) is 0 Å². The van der Waals surface area contributed by atoms with Crippen molar-refractivity contribution in [2.24, 2.45) is 5.92 Å². The number of carbonyl (C=O) groups is 2. The van der Waals surface area contributed by atoms with E-state index in [2.05, 4.69) is 6.92 Å². The van der Waals surface area contributed by atoms with Crippen molar-refractivity contribution in [1.82, 2.24) is 0 Å². The number of esters is 2. The van der Waals surface area contributed by atoms with E-state index < -0.39 is 23.7 Å². The highest BCUT2D eigenvalue weighted by Crippen LogP contribution is 2.34. The van der Waals surface area contributed by atoms with Crippen LogP contribution in [-0.4, -0.2) is 31.8 Å². The SMILES string of the molecule is CC.CCCC1COc2cc(C(C(=O)OCC)C(=O)OCC)c(F)cc2C1. The van der Waals surface area contributed by atoms with Gasteiger partial charge in [0, 0.05) is 5.56 Å². The van der Waals surface area contributed by atoms with Crippen LogP contribution >= 0.6 is 0 Å². The van der Waals surface area contributed by atoms with Crippen LogP contribution in [0.1, 0.15) is 64.5 Å². The second-order valence-electron chi connectivity index (χ2n) is 6.09. The second-order valence-corrected chi connectivity index (χ2v) is 6.09. The Balaban J connectivity index is 0.00000176. The molecule has 152 valence electrons. The Morgan fingerprint density at radius 1 is 1.15 bits per heavy atom. The first-order chi connectivity index (χ1) is 13.0. The summed E-state index contributed by atoms with van der Waals surface area (Å²) in [6.45, 7) is 10.1. The second kappa shape index (κ2) is 11.6. The topological polar surface area (TPSA) is 61.8 Å². The number of halogens is 1. The third-order valence-corrected chi connectivity index (χ3v) is 4.22. The maximum atomic E-state index is 14.7. The average Bonchev–Trinajstić information content (AvgIpc) is 2.65. The van der Waals surface area contributed by atoms with Gasteiger partial charge in [-0.2, -0.15) is 0 Å². The van der Waals surface area contributed by atoms with E-state index in [4.69, 9.17) is 14.2 Å². The molecule has 2 rings (SSSR count). The highest BCUT2D eigenvalue weighted by atomic mass is 19.1. The van der Waals surface area contributed by atoms with Crippen molar-refractivity contribution in [2.75, 3.05) is 19.8 Å². The van der Waals surface area contributed by atoms with Crippen LogP contribution < -0.4 is 4.74 Å². The fourth-order valence-electron chi connectivity index (χ4n) is 3.10. The number of benzene rings is 1. The first kappa shape index (κ1) is 22.9. The summed E-state index contributed by atoms with van der Waals surface area (Å²) in [6, 6.07) is 2.79. The predicted octanol–water partition coefficient (Wildman–Crippen LogP) is 4.41. The minimum Gasteiger partial charge on any atom is -0.493 e. The minimum atomic E-state index is -1.44. The van der Waals surface area contributed by atoms with Crippen LogP contribution in [0.15, 0.2) is 12.1 Å². The van der Waals surface area contributed by atoms with Crippen molar-refractivity contribution in [1.29, 1.82) is 0 Å². The molecule has 1 heterocycles. The summed E-state index contributed by atoms with van der Waals surface area (Å²) in [5, 5.41) is 0. The van der Waals surface area contributed by atoms with Gasteiger partial charge in [-0.05, 0) is 50.3 Å². The third-order valence-electron chi connectivity index (χ3n) is 4.22. The van der Waals surface area contributed by atoms with Gasteiger partial charge in [0.15, 0.2) is 5.92 Å². The van der Waals surface area contributed by atoms with Gasteiger partial charge < -0.3 is 14.2 Å². The standard InChI is InChI=1S/C19H25FO5.C2H6/c1-4-7-12-8-13-9-15(20)14(10-16(13)25-11-12)17(18(21)23-5-2)19(22)24-6-3;1-2/h9-10,12,17H,4-8,11H2,1-3H3;1-2H3. The Morgan fingerprint density at radius 2 is 1.74 bits per heavy atom. The third kappa shape index (κ3) is 5.94. The number of hydrogen-bond donors (Lipinski definition) is 0. The lowest BCUT2D eigenvalue weighted by Gasteiger charge is -2.26. The zero-order chi connectivity index (χ0) is 20.4. The normalized spacial score (nSPS) is 15.1. The molecule has 0 bridgehead atoms. The van der Waals surface area contributed by atoms with Gasteiger partial charge in [-0.1, -0.05) is 27.2 Å². The maximum absolute atomic E-state index is 14.7. The van der Waals surface area contributed by atoms with Gasteiger partial charge in [0.2, 0.25) is 0 Å². The van der Waals surface area contributed by atoms with E-state index >= 15 is 0 Å². The van der Waals surface area contributed by atoms with Gasteiger partial charge in [-0.3, -0.25) is 9.59 Å². The minimum absolute atomic E-state index is 0.0652. The van der Waals surface area contributed by atoms with Crippen LogP contribution in [-0.2, 0) is 25.5 Å². The number of fused-ring (bicyclic) bond motifs is 1. The summed E-state index contributed by atoms with van der Waals surface area (Å²) in [5.41, 5.74) is 0.696. The number of ether oxygens (including phenoxy) is 3. The van der Waals surface area contributed by atoms with Crippen LogP contribution in [0, 0.1) is 11.7 Å². The molecule has 1 unspecified atom stereocenters. The largest absolute Gasteiger partial charge is 0.493 e. The quantitative estimate of drug-likeness (QED) is 0.516. The summed E-state index contributed by atoms with van der Waals surface area (Å²) in [7, 11) is 0. The summed E-state index contributed by atoms with van der Waals surface area (Å²) in [6.07, 6.45) is 2.78. The molecule has 0 saturated carbocycles. The highest BCUT2D eigenvalue weighted by Gasteiger charge is 2.35. The molecule has 6 heteroatoms. The molecule has 1 aromatic carbocycles. The summed E-state index contributed by atoms with van der Waals surface area (Å²) >= 11 is 0. The smallest absolute Gasteiger partial charge is 0.325 e. The van der Waals surface area contributed by atoms with E-state index in [9.17, 15) is 14.0 Å². The van der Waals surface area contributed by atoms with E-state index in [1.165, 1.54) is 12.1 Å². The molecule has 1 aliphatic rings. The fraction of sp³-hybridized carbons (Fsp3) is 0.619. The number of carbonyl (C=O) groups excluding carboxylic acids is 2. The van der Waals surface area contributed by atoms with Gasteiger partial charge in [-0.15, -0.1) is 0 Å². The monoisotopic (exact) mass is 382 g/mol. The molecule has 0 N–H and O–H groups in total. The molecular weight excluding hydrogens is 351 g/mol. The molecular formula is C21H31FO5. The molecule has 0 spiro atoms. The average molecular weight is 382 g/mol. The Bertz CT molecular complexity index is 611. The van der Waals surface area contributed by atoms with E-state index in [-0.39, 0.29) is 18.8 Å². The van der Waals surface area contributed by atoms with Gasteiger partial charge in [0.05, 0.1) is 19.8 Å². The predicted molar refractivity (Wildman–Crippen MR) is 101 cm³/mol. The fourth-order valence-corrected chi connectivity index (χ4v) is 3.10. The summed E-state index contributed by atoms with van der Waals surface area (Å²) < 4.78 is 30.3. The molecule has 0 amide bonds. The molecule has 0 radical (unpaired) electrons. The van der Waals surface area contributed by atoms with Crippen LogP contribution in [0.25, 0.3) is 0 Å². The van der Waals surface area contributed by atoms with Crippen LogP contribution in [0.4, 0.5) is 4.39 Å². The molecule has 0 aliphatic carbocycles. The molecule has 27 heavy (non-hydrogen) atoms. The molecule has 5 nitrogen and oxygen atoms in total. The van der Waals surface area contributed by atoms with Crippen molar-refractivity contribution in [2.45, 2.75) is 59.8 Å². The van der Waals surface area contributed by atoms with Gasteiger partial charge in [-0.25, -0.2) is 4.39 Å². The van der Waals surface area contributed by atoms with Crippen molar-refractivity contribution in [3.8, 4) is 5.75 Å². The molecule has 1 aliphatic heterocycles. The van der Waals surface area contributed by atoms with E-state index in [1.807, 2.05) is 13.8 Å². The lowest BCUT2D eigenvalue weighted by molar-refractivity contribution is -0.157. The zero-order valence-electron chi connectivity index (χ0n) is 17.0. The Hall–Kier alpha value is -2.11. The number of rotatable bonds is 7. The molecule has 0 fully saturated rings. The lowest BCUT2D eigenvalue weighted by atomic mass is 9.90. The highest BCUT2D eigenvalue weighted by molar-refractivity contribution is 6.01. The van der Waals surface area contributed by atoms with Crippen LogP contribution in [0.5, 0.6) is 5.75 Å². The van der Waals surface area contributed by atoms with Gasteiger partial charge in [0.1, 0.15) is 11.6 Å². The first-order valence-corrected chi connectivity index (χ1v) is 9.80. The van der Waals surface area contributed by atoms with Crippen LogP contribution in [0.3, 0.4) is 0 Å².